The molecular formula is C15H16F3N3O2. The van der Waals surface area contributed by atoms with Crippen molar-refractivity contribution in [2.45, 2.75) is 25.6 Å². The topological polar surface area (TPSA) is 77.1 Å². The molecule has 5 nitrogen and oxygen atoms in total. The van der Waals surface area contributed by atoms with Gasteiger partial charge in [0.1, 0.15) is 5.69 Å². The number of pyridine rings is 1. The lowest BCUT2D eigenvalue weighted by molar-refractivity contribution is -0.143. The Kier molecular flexibility index (Phi) is 3.98. The number of rotatable bonds is 2. The van der Waals surface area contributed by atoms with E-state index in [-0.39, 0.29) is 16.6 Å². The number of carbonyl (C=O) groups is 1. The lowest BCUT2D eigenvalue weighted by Gasteiger charge is -2.19. The predicted octanol–water partition coefficient (Wildman–Crippen LogP) is 2.23. The highest BCUT2D eigenvalue weighted by Crippen LogP contribution is 2.30. The van der Waals surface area contributed by atoms with Gasteiger partial charge in [-0.2, -0.15) is 13.2 Å². The highest BCUT2D eigenvalue weighted by atomic mass is 19.4. The minimum absolute atomic E-state index is 0.0671. The number of alkyl halides is 3. The highest BCUT2D eigenvalue weighted by Gasteiger charge is 2.34. The van der Waals surface area contributed by atoms with E-state index in [0.29, 0.717) is 6.07 Å². The van der Waals surface area contributed by atoms with Crippen LogP contribution < -0.4 is 16.5 Å². The molecule has 0 saturated carbocycles. The van der Waals surface area contributed by atoms with Crippen molar-refractivity contribution in [1.82, 2.24) is 4.57 Å². The first-order valence-electron chi connectivity index (χ1n) is 6.72. The second-order valence-electron chi connectivity index (χ2n) is 5.86. The van der Waals surface area contributed by atoms with Gasteiger partial charge < -0.3 is 15.6 Å². The molecule has 2 aromatic rings. The number of nitrogens with two attached hydrogens (primary N) is 1. The summed E-state index contributed by atoms with van der Waals surface area (Å²) in [6, 6.07) is 4.69. The Morgan fingerprint density at radius 3 is 2.35 bits per heavy atom. The monoisotopic (exact) mass is 327 g/mol. The maximum absolute atomic E-state index is 13.0. The molecule has 2 rings (SSSR count). The van der Waals surface area contributed by atoms with E-state index in [1.54, 1.807) is 0 Å². The maximum Gasteiger partial charge on any atom is 0.431 e. The normalized spacial score (nSPS) is 12.5. The van der Waals surface area contributed by atoms with Gasteiger partial charge in [0.15, 0.2) is 5.43 Å². The molecule has 0 aliphatic carbocycles. The summed E-state index contributed by atoms with van der Waals surface area (Å²) in [6.45, 7) is 3.00. The molecule has 0 unspecified atom stereocenters. The van der Waals surface area contributed by atoms with Gasteiger partial charge in [-0.05, 0) is 32.0 Å². The van der Waals surface area contributed by atoms with E-state index < -0.39 is 28.7 Å². The number of nitrogens with zero attached hydrogens (tertiary/aromatic N) is 1. The zero-order valence-electron chi connectivity index (χ0n) is 12.8. The van der Waals surface area contributed by atoms with E-state index in [0.717, 1.165) is 4.57 Å². The third kappa shape index (κ3) is 3.37. The van der Waals surface area contributed by atoms with Gasteiger partial charge in [-0.1, -0.05) is 0 Å². The molecule has 0 aliphatic heterocycles. The van der Waals surface area contributed by atoms with E-state index in [2.05, 4.69) is 5.32 Å². The number of aromatic nitrogens is 1. The van der Waals surface area contributed by atoms with Gasteiger partial charge >= 0.3 is 6.18 Å². The second-order valence-corrected chi connectivity index (χ2v) is 5.86. The molecule has 1 amide bonds. The number of amides is 1. The first kappa shape index (κ1) is 17.0. The summed E-state index contributed by atoms with van der Waals surface area (Å²) in [6.07, 6.45) is -4.65. The van der Waals surface area contributed by atoms with Crippen molar-refractivity contribution >= 4 is 22.5 Å². The summed E-state index contributed by atoms with van der Waals surface area (Å²) >= 11 is 0. The van der Waals surface area contributed by atoms with Gasteiger partial charge in [0.25, 0.3) is 0 Å². The van der Waals surface area contributed by atoms with Crippen molar-refractivity contribution in [3.8, 4) is 0 Å². The third-order valence-corrected chi connectivity index (χ3v) is 3.39. The zero-order chi connectivity index (χ0) is 17.6. The van der Waals surface area contributed by atoms with Crippen LogP contribution in [-0.4, -0.2) is 16.0 Å². The van der Waals surface area contributed by atoms with Crippen molar-refractivity contribution in [2.24, 2.45) is 12.8 Å². The van der Waals surface area contributed by atoms with Crippen molar-refractivity contribution in [3.05, 3.63) is 40.2 Å². The second kappa shape index (κ2) is 5.38. The molecule has 0 atom stereocenters. The number of fused-ring (bicyclic) bond motifs is 1. The van der Waals surface area contributed by atoms with Crippen LogP contribution in [-0.2, 0) is 18.0 Å². The average Bonchev–Trinajstić information content (AvgIpc) is 2.40. The Morgan fingerprint density at radius 1 is 1.22 bits per heavy atom. The smallest absolute Gasteiger partial charge is 0.340 e. The molecule has 0 fully saturated rings. The quantitative estimate of drug-likeness (QED) is 0.888. The van der Waals surface area contributed by atoms with E-state index in [9.17, 15) is 22.8 Å². The van der Waals surface area contributed by atoms with E-state index in [1.807, 2.05) is 0 Å². The van der Waals surface area contributed by atoms with Crippen LogP contribution in [0, 0.1) is 0 Å². The maximum atomic E-state index is 13.0. The van der Waals surface area contributed by atoms with Crippen molar-refractivity contribution in [1.29, 1.82) is 0 Å². The molecule has 0 bridgehead atoms. The van der Waals surface area contributed by atoms with Crippen LogP contribution in [0.15, 0.2) is 29.1 Å². The van der Waals surface area contributed by atoms with Crippen LogP contribution in [0.25, 0.3) is 10.9 Å². The first-order chi connectivity index (χ1) is 10.4. The molecule has 0 spiro atoms. The Balaban J connectivity index is 2.61. The Bertz CT molecular complexity index is 833. The predicted molar refractivity (Wildman–Crippen MR) is 81.1 cm³/mol. The number of benzene rings is 1. The summed E-state index contributed by atoms with van der Waals surface area (Å²) in [4.78, 5) is 23.7. The first-order valence-corrected chi connectivity index (χ1v) is 6.72. The van der Waals surface area contributed by atoms with E-state index in [4.69, 9.17) is 5.73 Å². The number of carbonyl (C=O) groups excluding carboxylic acids is 1. The van der Waals surface area contributed by atoms with Gasteiger partial charge in [0.05, 0.1) is 11.1 Å². The SMILES string of the molecule is Cn1c(C(F)(F)F)cc(=O)c2ccc(NC(=O)C(C)(C)N)cc21. The molecule has 8 heteroatoms. The Labute approximate surface area is 129 Å². The van der Waals surface area contributed by atoms with Crippen LogP contribution in [0.1, 0.15) is 19.5 Å². The summed E-state index contributed by atoms with van der Waals surface area (Å²) < 4.78 is 39.8. The van der Waals surface area contributed by atoms with Crippen LogP contribution in [0.2, 0.25) is 0 Å². The molecule has 0 radical (unpaired) electrons. The van der Waals surface area contributed by atoms with Crippen LogP contribution in [0.3, 0.4) is 0 Å². The van der Waals surface area contributed by atoms with Gasteiger partial charge in [-0.3, -0.25) is 9.59 Å². The summed E-state index contributed by atoms with van der Waals surface area (Å²) in [5.74, 6) is -0.492. The largest absolute Gasteiger partial charge is 0.431 e. The fraction of sp³-hybridized carbons (Fsp3) is 0.333. The van der Waals surface area contributed by atoms with Crippen molar-refractivity contribution < 1.29 is 18.0 Å². The van der Waals surface area contributed by atoms with Crippen LogP contribution in [0.5, 0.6) is 0 Å². The molecule has 1 heterocycles. The number of nitrogens with one attached hydrogen (secondary N) is 1. The van der Waals surface area contributed by atoms with E-state index >= 15 is 0 Å². The molecule has 23 heavy (non-hydrogen) atoms. The average molecular weight is 327 g/mol. The van der Waals surface area contributed by atoms with Gasteiger partial charge in [-0.25, -0.2) is 0 Å². The summed E-state index contributed by atoms with van der Waals surface area (Å²) in [5, 5.41) is 2.65. The fourth-order valence-corrected chi connectivity index (χ4v) is 2.09. The molecule has 1 aromatic heterocycles. The van der Waals surface area contributed by atoms with Gasteiger partial charge in [-0.15, -0.1) is 0 Å². The van der Waals surface area contributed by atoms with Crippen LogP contribution in [0.4, 0.5) is 18.9 Å². The Hall–Kier alpha value is -2.35. The van der Waals surface area contributed by atoms with Gasteiger partial charge in [0.2, 0.25) is 5.91 Å². The summed E-state index contributed by atoms with van der Waals surface area (Å²) in [5.41, 5.74) is 3.05. The minimum atomic E-state index is -4.65. The minimum Gasteiger partial charge on any atom is -0.340 e. The molecule has 3 N–H and O–H groups in total. The number of hydrogen-bond acceptors (Lipinski definition) is 3. The Morgan fingerprint density at radius 2 is 1.83 bits per heavy atom. The molecule has 0 aliphatic rings. The van der Waals surface area contributed by atoms with E-state index in [1.165, 1.54) is 39.1 Å². The van der Waals surface area contributed by atoms with Crippen molar-refractivity contribution in [2.75, 3.05) is 5.32 Å². The molecular weight excluding hydrogens is 311 g/mol. The molecule has 0 saturated heterocycles. The number of halogens is 3. The molecule has 1 aromatic carbocycles. The van der Waals surface area contributed by atoms with Crippen molar-refractivity contribution in [3.63, 3.8) is 0 Å². The zero-order valence-corrected chi connectivity index (χ0v) is 12.8. The number of anilines is 1. The number of hydrogen-bond donors (Lipinski definition) is 2. The lowest BCUT2D eigenvalue weighted by Crippen LogP contribution is -2.45. The fourth-order valence-electron chi connectivity index (χ4n) is 2.09. The number of aryl methyl sites for hydroxylation is 1. The third-order valence-electron chi connectivity index (χ3n) is 3.39. The molecule has 124 valence electrons. The highest BCUT2D eigenvalue weighted by molar-refractivity contribution is 5.98. The van der Waals surface area contributed by atoms with Gasteiger partial charge in [0, 0.05) is 24.2 Å². The van der Waals surface area contributed by atoms with Crippen LogP contribution >= 0.6 is 0 Å². The standard InChI is InChI=1S/C15H16F3N3O2/c1-14(2,19)13(23)20-8-4-5-9-10(6-8)21(3)12(7-11(9)22)15(16,17)18/h4-7H,19H2,1-3H3,(H,20,23). The lowest BCUT2D eigenvalue weighted by atomic mass is 10.1. The summed E-state index contributed by atoms with van der Waals surface area (Å²) in [7, 11) is 1.21.